The quantitative estimate of drug-likeness (QED) is 0.122. The monoisotopic (exact) mass is 765 g/mol. The lowest BCUT2D eigenvalue weighted by Crippen LogP contribution is -2.39. The maximum Gasteiger partial charge on any atom is 0.416 e. The summed E-state index contributed by atoms with van der Waals surface area (Å²) in [7, 11) is 1.75. The van der Waals surface area contributed by atoms with E-state index in [4.69, 9.17) is 21.3 Å². The fourth-order valence-electron chi connectivity index (χ4n) is 6.90. The highest BCUT2D eigenvalue weighted by molar-refractivity contribution is 6.32. The number of alkyl halides is 6. The van der Waals surface area contributed by atoms with Crippen molar-refractivity contribution in [3.8, 4) is 11.1 Å². The molecule has 0 unspecified atom stereocenters. The number of ether oxygens (including phenoxy) is 1. The lowest BCUT2D eigenvalue weighted by atomic mass is 9.97. The average molecular weight is 766 g/mol. The van der Waals surface area contributed by atoms with Crippen LogP contribution in [0.5, 0.6) is 0 Å². The molecule has 2 saturated heterocycles. The van der Waals surface area contributed by atoms with Gasteiger partial charge >= 0.3 is 18.3 Å². The number of benzene rings is 1. The lowest BCUT2D eigenvalue weighted by molar-refractivity contribution is -0.148. The Kier molecular flexibility index (Phi) is 11.0. The molecule has 0 radical (unpaired) electrons. The number of aromatic nitrogens is 6. The van der Waals surface area contributed by atoms with Crippen molar-refractivity contribution in [2.75, 3.05) is 40.9 Å². The molecule has 53 heavy (non-hydrogen) atoms. The molecule has 0 spiro atoms. The fourth-order valence-corrected chi connectivity index (χ4v) is 7.10. The Labute approximate surface area is 306 Å². The van der Waals surface area contributed by atoms with Crippen LogP contribution in [-0.4, -0.2) is 74.0 Å². The van der Waals surface area contributed by atoms with E-state index < -0.39 is 29.5 Å². The third kappa shape index (κ3) is 8.60. The highest BCUT2D eigenvalue weighted by Crippen LogP contribution is 2.39. The first kappa shape index (κ1) is 38.1. The molecular formula is C35H38ClF6N9O2. The van der Waals surface area contributed by atoms with Crippen LogP contribution in [-0.2, 0) is 35.5 Å². The van der Waals surface area contributed by atoms with Crippen LogP contribution in [0.3, 0.4) is 0 Å². The van der Waals surface area contributed by atoms with Gasteiger partial charge in [-0.1, -0.05) is 18.5 Å². The Morgan fingerprint density at radius 3 is 2.17 bits per heavy atom. The molecule has 2 fully saturated rings. The molecule has 2 atom stereocenters. The second-order valence-corrected chi connectivity index (χ2v) is 13.6. The Balaban J connectivity index is 1.32. The van der Waals surface area contributed by atoms with Crippen LogP contribution in [0.1, 0.15) is 56.2 Å². The summed E-state index contributed by atoms with van der Waals surface area (Å²) >= 11 is 6.70. The number of halogens is 7. The van der Waals surface area contributed by atoms with Crippen LogP contribution in [0.25, 0.3) is 11.1 Å². The van der Waals surface area contributed by atoms with Crippen LogP contribution in [0.2, 0.25) is 5.02 Å². The summed E-state index contributed by atoms with van der Waals surface area (Å²) in [5.41, 5.74) is -1.64. The molecule has 18 heteroatoms. The standard InChI is InChI=1S/C35H38ClF6N9O2/c1-4-27-13-28(20-50(27)30-29(36)17-45-33(47-30)49-8-6-22(7-9-49)31(52)53-5-2)51(32-43-14-23(15-44-32)24-16-46-48(3)19-24)18-21-10-25(34(37,38)39)12-26(11-21)35(40,41)42/h10-12,14-17,19,22,27-28H,4-9,13,18,20H2,1-3H3/t27-,28+/m1/s1. The van der Waals surface area contributed by atoms with Crippen molar-refractivity contribution >= 4 is 35.3 Å². The number of piperidine rings is 1. The Bertz CT molecular complexity index is 1870. The van der Waals surface area contributed by atoms with Crippen molar-refractivity contribution in [3.05, 3.63) is 70.9 Å². The minimum atomic E-state index is -5.00. The van der Waals surface area contributed by atoms with E-state index in [2.05, 4.69) is 20.1 Å². The van der Waals surface area contributed by atoms with Gasteiger partial charge in [-0.25, -0.2) is 15.0 Å². The topological polar surface area (TPSA) is 105 Å². The Hall–Kier alpha value is -4.67. The third-order valence-electron chi connectivity index (χ3n) is 9.62. The molecule has 11 nitrogen and oxygen atoms in total. The summed E-state index contributed by atoms with van der Waals surface area (Å²) in [6, 6.07) is 0.956. The molecule has 0 bridgehead atoms. The molecule has 2 aliphatic heterocycles. The Morgan fingerprint density at radius 1 is 0.943 bits per heavy atom. The van der Waals surface area contributed by atoms with Gasteiger partial charge in [-0.3, -0.25) is 9.48 Å². The molecule has 2 aliphatic rings. The van der Waals surface area contributed by atoms with Gasteiger partial charge in [0.15, 0.2) is 5.82 Å². The second-order valence-electron chi connectivity index (χ2n) is 13.2. The number of esters is 1. The van der Waals surface area contributed by atoms with Gasteiger partial charge in [0, 0.05) is 69.0 Å². The van der Waals surface area contributed by atoms with Gasteiger partial charge in [0.25, 0.3) is 0 Å². The largest absolute Gasteiger partial charge is 0.466 e. The maximum atomic E-state index is 13.9. The minimum absolute atomic E-state index is 0.117. The van der Waals surface area contributed by atoms with Crippen molar-refractivity contribution in [3.63, 3.8) is 0 Å². The van der Waals surface area contributed by atoms with Crippen molar-refractivity contribution in [2.45, 2.75) is 70.5 Å². The summed E-state index contributed by atoms with van der Waals surface area (Å²) in [5.74, 6) is 0.574. The molecule has 3 aromatic heterocycles. The van der Waals surface area contributed by atoms with Crippen molar-refractivity contribution < 1.29 is 35.9 Å². The molecular weight excluding hydrogens is 728 g/mol. The van der Waals surface area contributed by atoms with Gasteiger partial charge in [-0.15, -0.1) is 0 Å². The smallest absolute Gasteiger partial charge is 0.416 e. The molecule has 0 saturated carbocycles. The van der Waals surface area contributed by atoms with Crippen LogP contribution in [0, 0.1) is 5.92 Å². The molecule has 0 amide bonds. The number of hydrogen-bond acceptors (Lipinski definition) is 10. The van der Waals surface area contributed by atoms with Gasteiger partial charge in [-0.05, 0) is 56.4 Å². The molecule has 0 N–H and O–H groups in total. The van der Waals surface area contributed by atoms with Crippen LogP contribution >= 0.6 is 11.6 Å². The first-order chi connectivity index (χ1) is 25.1. The van der Waals surface area contributed by atoms with Gasteiger partial charge in [0.2, 0.25) is 11.9 Å². The van der Waals surface area contributed by atoms with Gasteiger partial charge in [0.1, 0.15) is 5.02 Å². The average Bonchev–Trinajstić information content (AvgIpc) is 3.76. The van der Waals surface area contributed by atoms with Crippen molar-refractivity contribution in [1.82, 2.24) is 29.7 Å². The number of anilines is 3. The van der Waals surface area contributed by atoms with E-state index in [-0.39, 0.29) is 53.6 Å². The molecule has 0 aliphatic carbocycles. The number of carbonyl (C=O) groups excluding carboxylic acids is 1. The first-order valence-electron chi connectivity index (χ1n) is 17.2. The minimum Gasteiger partial charge on any atom is -0.466 e. The van der Waals surface area contributed by atoms with E-state index in [9.17, 15) is 31.1 Å². The molecule has 4 aromatic rings. The lowest BCUT2D eigenvalue weighted by Gasteiger charge is -2.32. The number of hydrogen-bond donors (Lipinski definition) is 0. The summed E-state index contributed by atoms with van der Waals surface area (Å²) < 4.78 is 90.0. The number of rotatable bonds is 10. The van der Waals surface area contributed by atoms with Crippen LogP contribution < -0.4 is 14.7 Å². The molecule has 6 rings (SSSR count). The second kappa shape index (κ2) is 15.4. The molecule has 1 aromatic carbocycles. The maximum absolute atomic E-state index is 13.9. The summed E-state index contributed by atoms with van der Waals surface area (Å²) in [5, 5.41) is 4.44. The van der Waals surface area contributed by atoms with Crippen molar-refractivity contribution in [2.24, 2.45) is 13.0 Å². The van der Waals surface area contributed by atoms with E-state index in [0.29, 0.717) is 62.7 Å². The number of nitrogens with zero attached hydrogens (tertiary/aromatic N) is 9. The summed E-state index contributed by atoms with van der Waals surface area (Å²) in [6.45, 7) is 5.03. The highest BCUT2D eigenvalue weighted by Gasteiger charge is 2.40. The molecule has 5 heterocycles. The first-order valence-corrected chi connectivity index (χ1v) is 17.6. The van der Waals surface area contributed by atoms with E-state index in [1.165, 1.54) is 6.20 Å². The zero-order valence-electron chi connectivity index (χ0n) is 29.2. The zero-order chi connectivity index (χ0) is 38.1. The van der Waals surface area contributed by atoms with Crippen LogP contribution in [0.15, 0.2) is 49.2 Å². The SMILES string of the molecule is CCOC(=O)C1CCN(c2ncc(Cl)c(N3C[C@@H](N(Cc4cc(C(F)(F)F)cc(C(F)(F)F)c4)c4ncc(-c5cnn(C)c5)cn4)C[C@H]3CC)n2)CC1. The Morgan fingerprint density at radius 2 is 1.60 bits per heavy atom. The van der Waals surface area contributed by atoms with Crippen molar-refractivity contribution in [1.29, 1.82) is 0 Å². The summed E-state index contributed by atoms with van der Waals surface area (Å²) in [4.78, 5) is 36.3. The fraction of sp³-hybridized carbons (Fsp3) is 0.486. The molecule has 284 valence electrons. The van der Waals surface area contributed by atoms with Gasteiger partial charge in [-0.2, -0.15) is 36.4 Å². The third-order valence-corrected chi connectivity index (χ3v) is 9.89. The zero-order valence-corrected chi connectivity index (χ0v) is 30.0. The summed E-state index contributed by atoms with van der Waals surface area (Å²) in [6.07, 6.45) is 0.212. The van der Waals surface area contributed by atoms with Crippen LogP contribution in [0.4, 0.5) is 44.1 Å². The van der Waals surface area contributed by atoms with E-state index in [1.807, 2.05) is 16.7 Å². The highest BCUT2D eigenvalue weighted by atomic mass is 35.5. The predicted octanol–water partition coefficient (Wildman–Crippen LogP) is 7.20. The number of aryl methyl sites for hydroxylation is 1. The predicted molar refractivity (Wildman–Crippen MR) is 185 cm³/mol. The van der Waals surface area contributed by atoms with E-state index in [0.717, 1.165) is 17.7 Å². The van der Waals surface area contributed by atoms with Gasteiger partial charge < -0.3 is 19.4 Å². The normalized spacial score (nSPS) is 18.5. The van der Waals surface area contributed by atoms with E-state index >= 15 is 0 Å². The van der Waals surface area contributed by atoms with Gasteiger partial charge in [0.05, 0.1) is 42.1 Å². The number of carbonyl (C=O) groups is 1. The van der Waals surface area contributed by atoms with E-state index in [1.54, 1.807) is 48.3 Å².